The highest BCUT2D eigenvalue weighted by molar-refractivity contribution is 7.89. The van der Waals surface area contributed by atoms with Gasteiger partial charge in [0.1, 0.15) is 11.8 Å². The van der Waals surface area contributed by atoms with Crippen LogP contribution in [0.15, 0.2) is 41.4 Å². The number of sulfonamides is 1. The van der Waals surface area contributed by atoms with Crippen LogP contribution in [0.2, 0.25) is 0 Å². The molecule has 0 radical (unpaired) electrons. The second kappa shape index (κ2) is 8.28. The van der Waals surface area contributed by atoms with E-state index in [1.54, 1.807) is 43.6 Å². The van der Waals surface area contributed by atoms with Gasteiger partial charge in [-0.15, -0.1) is 0 Å². The quantitative estimate of drug-likeness (QED) is 0.799. The molecule has 2 heterocycles. The first kappa shape index (κ1) is 20.3. The largest absolute Gasteiger partial charge is 0.496 e. The Bertz CT molecular complexity index is 961. The fraction of sp³-hybridized carbons (Fsp3) is 0.400. The van der Waals surface area contributed by atoms with Gasteiger partial charge in [0.2, 0.25) is 15.9 Å². The summed E-state index contributed by atoms with van der Waals surface area (Å²) in [4.78, 5) is 17.3. The van der Waals surface area contributed by atoms with Crippen molar-refractivity contribution in [3.63, 3.8) is 0 Å². The van der Waals surface area contributed by atoms with E-state index in [0.29, 0.717) is 25.1 Å². The highest BCUT2D eigenvalue weighted by Gasteiger charge is 2.39. The van der Waals surface area contributed by atoms with Gasteiger partial charge < -0.3 is 10.1 Å². The number of hydrogen-bond donors (Lipinski definition) is 1. The molecule has 28 heavy (non-hydrogen) atoms. The second-order valence-corrected chi connectivity index (χ2v) is 8.74. The number of rotatable bonds is 6. The maximum atomic E-state index is 12.9. The SMILES string of the molecule is COc1c(C)cnc(CNC(=O)C2CCCN2S(=O)(=O)c2ccccc2)c1C. The third kappa shape index (κ3) is 3.88. The maximum Gasteiger partial charge on any atom is 0.243 e. The van der Waals surface area contributed by atoms with Crippen molar-refractivity contribution in [3.8, 4) is 5.75 Å². The summed E-state index contributed by atoms with van der Waals surface area (Å²) in [5.41, 5.74) is 2.49. The van der Waals surface area contributed by atoms with Crippen LogP contribution in [0.5, 0.6) is 5.75 Å². The van der Waals surface area contributed by atoms with E-state index in [0.717, 1.165) is 16.9 Å². The number of carbonyl (C=O) groups is 1. The summed E-state index contributed by atoms with van der Waals surface area (Å²) in [6.07, 6.45) is 2.86. The van der Waals surface area contributed by atoms with Crippen molar-refractivity contribution in [1.82, 2.24) is 14.6 Å². The zero-order valence-corrected chi connectivity index (χ0v) is 17.1. The lowest BCUT2D eigenvalue weighted by Gasteiger charge is -2.23. The summed E-state index contributed by atoms with van der Waals surface area (Å²) in [7, 11) is -2.10. The van der Waals surface area contributed by atoms with Gasteiger partial charge in [-0.1, -0.05) is 18.2 Å². The fourth-order valence-corrected chi connectivity index (χ4v) is 5.23. The van der Waals surface area contributed by atoms with Crippen molar-refractivity contribution in [3.05, 3.63) is 53.3 Å². The van der Waals surface area contributed by atoms with Crippen LogP contribution in [0.1, 0.15) is 29.7 Å². The average molecular weight is 404 g/mol. The number of pyridine rings is 1. The van der Waals surface area contributed by atoms with Crippen molar-refractivity contribution in [1.29, 1.82) is 0 Å². The minimum absolute atomic E-state index is 0.204. The number of hydrogen-bond acceptors (Lipinski definition) is 5. The number of aryl methyl sites for hydroxylation is 1. The van der Waals surface area contributed by atoms with Crippen LogP contribution >= 0.6 is 0 Å². The van der Waals surface area contributed by atoms with Gasteiger partial charge >= 0.3 is 0 Å². The molecule has 1 atom stereocenters. The molecule has 1 aliphatic rings. The van der Waals surface area contributed by atoms with Gasteiger partial charge in [-0.05, 0) is 38.8 Å². The zero-order valence-electron chi connectivity index (χ0n) is 16.3. The van der Waals surface area contributed by atoms with Gasteiger partial charge in [-0.2, -0.15) is 4.31 Å². The molecule has 1 aromatic heterocycles. The van der Waals surface area contributed by atoms with E-state index in [-0.39, 0.29) is 17.3 Å². The van der Waals surface area contributed by atoms with Gasteiger partial charge in [0.05, 0.1) is 24.2 Å². The minimum Gasteiger partial charge on any atom is -0.496 e. The Kier molecular flexibility index (Phi) is 6.00. The number of nitrogens with one attached hydrogen (secondary N) is 1. The lowest BCUT2D eigenvalue weighted by Crippen LogP contribution is -2.45. The van der Waals surface area contributed by atoms with Gasteiger partial charge in [0, 0.05) is 23.9 Å². The number of nitrogens with zero attached hydrogens (tertiary/aromatic N) is 2. The van der Waals surface area contributed by atoms with Gasteiger partial charge in [0.25, 0.3) is 0 Å². The molecular weight excluding hydrogens is 378 g/mol. The van der Waals surface area contributed by atoms with Crippen LogP contribution in [0, 0.1) is 13.8 Å². The predicted octanol–water partition coefficient (Wildman–Crippen LogP) is 2.18. The Balaban J connectivity index is 1.74. The van der Waals surface area contributed by atoms with Crippen LogP contribution in [0.4, 0.5) is 0 Å². The van der Waals surface area contributed by atoms with E-state index in [1.165, 1.54) is 4.31 Å². The molecule has 1 amide bonds. The molecule has 0 saturated carbocycles. The number of methoxy groups -OCH3 is 1. The van der Waals surface area contributed by atoms with Crippen molar-refractivity contribution in [2.24, 2.45) is 0 Å². The van der Waals surface area contributed by atoms with Crippen molar-refractivity contribution in [2.45, 2.75) is 44.2 Å². The fourth-order valence-electron chi connectivity index (χ4n) is 3.56. The average Bonchev–Trinajstić information content (AvgIpc) is 3.19. The molecule has 0 spiro atoms. The smallest absolute Gasteiger partial charge is 0.243 e. The molecule has 1 aromatic carbocycles. The molecule has 1 N–H and O–H groups in total. The first-order chi connectivity index (χ1) is 13.4. The number of aromatic nitrogens is 1. The summed E-state index contributed by atoms with van der Waals surface area (Å²) >= 11 is 0. The molecule has 3 rings (SSSR count). The number of amides is 1. The summed E-state index contributed by atoms with van der Waals surface area (Å²) in [5, 5.41) is 2.84. The third-order valence-corrected chi connectivity index (χ3v) is 6.96. The Morgan fingerprint density at radius 1 is 1.29 bits per heavy atom. The molecule has 2 aromatic rings. The Morgan fingerprint density at radius 2 is 2.00 bits per heavy atom. The first-order valence-corrected chi connectivity index (χ1v) is 10.6. The molecule has 1 aliphatic heterocycles. The molecule has 1 fully saturated rings. The van der Waals surface area contributed by atoms with Crippen LogP contribution < -0.4 is 10.1 Å². The molecule has 0 aliphatic carbocycles. The number of ether oxygens (including phenoxy) is 1. The highest BCUT2D eigenvalue weighted by atomic mass is 32.2. The van der Waals surface area contributed by atoms with Gasteiger partial charge in [-0.3, -0.25) is 9.78 Å². The monoisotopic (exact) mass is 403 g/mol. The lowest BCUT2D eigenvalue weighted by molar-refractivity contribution is -0.124. The summed E-state index contributed by atoms with van der Waals surface area (Å²) in [6, 6.07) is 7.51. The van der Waals surface area contributed by atoms with Crippen molar-refractivity contribution >= 4 is 15.9 Å². The van der Waals surface area contributed by atoms with E-state index in [4.69, 9.17) is 4.74 Å². The van der Waals surface area contributed by atoms with E-state index >= 15 is 0 Å². The summed E-state index contributed by atoms with van der Waals surface area (Å²) < 4.78 is 32.5. The van der Waals surface area contributed by atoms with Gasteiger partial charge in [-0.25, -0.2) is 8.42 Å². The molecule has 150 valence electrons. The van der Waals surface area contributed by atoms with E-state index in [2.05, 4.69) is 10.3 Å². The predicted molar refractivity (Wildman–Crippen MR) is 105 cm³/mol. The second-order valence-electron chi connectivity index (χ2n) is 6.85. The minimum atomic E-state index is -3.70. The molecule has 8 heteroatoms. The van der Waals surface area contributed by atoms with Crippen molar-refractivity contribution < 1.29 is 17.9 Å². The van der Waals surface area contributed by atoms with Crippen LogP contribution in [0.25, 0.3) is 0 Å². The Hall–Kier alpha value is -2.45. The highest BCUT2D eigenvalue weighted by Crippen LogP contribution is 2.27. The standard InChI is InChI=1S/C20H25N3O4S/c1-14-12-21-17(15(2)19(14)27-3)13-22-20(24)18-10-7-11-23(18)28(25,26)16-8-5-4-6-9-16/h4-6,8-9,12,18H,7,10-11,13H2,1-3H3,(H,22,24). The molecule has 7 nitrogen and oxygen atoms in total. The third-order valence-electron chi connectivity index (χ3n) is 5.04. The zero-order chi connectivity index (χ0) is 20.3. The molecular formula is C20H25N3O4S. The summed E-state index contributed by atoms with van der Waals surface area (Å²) in [6.45, 7) is 4.36. The Labute approximate surface area is 165 Å². The summed E-state index contributed by atoms with van der Waals surface area (Å²) in [5.74, 6) is 0.436. The normalized spacial score (nSPS) is 17.5. The molecule has 1 saturated heterocycles. The molecule has 1 unspecified atom stereocenters. The van der Waals surface area contributed by atoms with E-state index in [9.17, 15) is 13.2 Å². The van der Waals surface area contributed by atoms with E-state index < -0.39 is 16.1 Å². The van der Waals surface area contributed by atoms with Crippen molar-refractivity contribution in [2.75, 3.05) is 13.7 Å². The Morgan fingerprint density at radius 3 is 2.68 bits per heavy atom. The number of benzene rings is 1. The number of carbonyl (C=O) groups excluding carboxylic acids is 1. The topological polar surface area (TPSA) is 88.6 Å². The van der Waals surface area contributed by atoms with Gasteiger partial charge in [0.15, 0.2) is 0 Å². The molecule has 0 bridgehead atoms. The van der Waals surface area contributed by atoms with Crippen LogP contribution in [0.3, 0.4) is 0 Å². The van der Waals surface area contributed by atoms with Crippen LogP contribution in [-0.4, -0.2) is 43.3 Å². The maximum absolute atomic E-state index is 12.9. The van der Waals surface area contributed by atoms with Crippen LogP contribution in [-0.2, 0) is 21.4 Å². The lowest BCUT2D eigenvalue weighted by atomic mass is 10.1. The van der Waals surface area contributed by atoms with E-state index in [1.807, 2.05) is 13.8 Å². The first-order valence-electron chi connectivity index (χ1n) is 9.20.